The molecule has 0 fully saturated rings. The zero-order valence-electron chi connectivity index (χ0n) is 32.5. The fourth-order valence-electron chi connectivity index (χ4n) is 6.09. The van der Waals surface area contributed by atoms with E-state index in [0.29, 0.717) is 5.56 Å². The summed E-state index contributed by atoms with van der Waals surface area (Å²) in [7, 11) is 0. The molecule has 0 aliphatic heterocycles. The molecule has 0 aliphatic rings. The second kappa shape index (κ2) is 28.6. The summed E-state index contributed by atoms with van der Waals surface area (Å²) < 4.78 is -1.38. The van der Waals surface area contributed by atoms with E-state index in [4.69, 9.17) is 46.4 Å². The van der Waals surface area contributed by atoms with Gasteiger partial charge in [-0.1, -0.05) is 242 Å². The van der Waals surface area contributed by atoms with Crippen LogP contribution in [0.15, 0.2) is 146 Å². The molecule has 0 unspecified atom stereocenters. The molecule has 9 heteroatoms. The van der Waals surface area contributed by atoms with Gasteiger partial charge in [-0.3, -0.25) is 0 Å². The van der Waals surface area contributed by atoms with Crippen molar-refractivity contribution in [1.29, 1.82) is 0 Å². The molecule has 6 aromatic rings. The second-order valence-electron chi connectivity index (χ2n) is 13.2. The van der Waals surface area contributed by atoms with Crippen LogP contribution >= 0.6 is 129 Å². The van der Waals surface area contributed by atoms with Crippen molar-refractivity contribution in [2.75, 3.05) is 4.93 Å². The van der Waals surface area contributed by atoms with Gasteiger partial charge in [-0.2, -0.15) is 0 Å². The van der Waals surface area contributed by atoms with Crippen LogP contribution in [0.2, 0.25) is 5.02 Å². The van der Waals surface area contributed by atoms with Gasteiger partial charge in [0.05, 0.1) is 0 Å². The molecule has 6 aromatic carbocycles. The maximum absolute atomic E-state index is 5.96. The van der Waals surface area contributed by atoms with Gasteiger partial charge in [-0.25, -0.2) is 0 Å². The molecule has 0 nitrogen and oxygen atoms in total. The molecule has 0 amide bonds. The van der Waals surface area contributed by atoms with Gasteiger partial charge < -0.3 is 0 Å². The van der Waals surface area contributed by atoms with E-state index in [1.165, 1.54) is 89.5 Å². The number of rotatable bonds is 12. The first-order valence-electron chi connectivity index (χ1n) is 18.9. The third-order valence-electron chi connectivity index (χ3n) is 9.21. The fraction of sp³-hybridized carbons (Fsp3) is 0.250. The van der Waals surface area contributed by atoms with E-state index in [1.54, 1.807) is 0 Å². The van der Waals surface area contributed by atoms with E-state index < -0.39 is 3.79 Å². The van der Waals surface area contributed by atoms with Crippen molar-refractivity contribution in [2.24, 2.45) is 0 Å². The number of unbranched alkanes of at least 4 members (excludes halogenated alkanes) is 4. The van der Waals surface area contributed by atoms with E-state index in [-0.39, 0.29) is 4.92 Å². The Morgan fingerprint density at radius 2 is 0.632 bits per heavy atom. The van der Waals surface area contributed by atoms with Gasteiger partial charge in [0.2, 0.25) is 3.79 Å². The number of benzene rings is 6. The molecule has 0 heterocycles. The van der Waals surface area contributed by atoms with Gasteiger partial charge in [0, 0.05) is 10.6 Å². The second-order valence-corrected chi connectivity index (χ2v) is 51.3. The number of alkyl halides is 4. The Morgan fingerprint density at radius 1 is 0.404 bits per heavy atom. The molecule has 0 atom stereocenters. The summed E-state index contributed by atoms with van der Waals surface area (Å²) in [4.78, 5) is 1.69. The molecule has 0 saturated heterocycles. The van der Waals surface area contributed by atoms with Crippen LogP contribution in [0.1, 0.15) is 69.1 Å². The van der Waals surface area contributed by atoms with Crippen LogP contribution in [0.25, 0.3) is 44.5 Å². The zero-order valence-corrected chi connectivity index (χ0v) is 45.5. The molecule has 302 valence electrons. The summed E-state index contributed by atoms with van der Waals surface area (Å²) >= 11 is 33.3. The molecular formula is C48H49Cl4I4V. The van der Waals surface area contributed by atoms with E-state index in [9.17, 15) is 0 Å². The first-order valence-corrected chi connectivity index (χ1v) is 36.1. The van der Waals surface area contributed by atoms with Crippen molar-refractivity contribution in [2.45, 2.75) is 69.0 Å². The quantitative estimate of drug-likeness (QED) is 0.0651. The number of hydrogen-bond donors (Lipinski definition) is 0. The van der Waals surface area contributed by atoms with Crippen molar-refractivity contribution in [3.63, 3.8) is 0 Å². The van der Waals surface area contributed by atoms with Crippen molar-refractivity contribution in [3.05, 3.63) is 167 Å². The summed E-state index contributed by atoms with van der Waals surface area (Å²) in [6.45, 7) is 4.48. The predicted octanol–water partition coefficient (Wildman–Crippen LogP) is 19.7. The Kier molecular flexibility index (Phi) is 25.7. The Morgan fingerprint density at radius 3 is 0.877 bits per heavy atom. The molecule has 0 saturated carbocycles. The van der Waals surface area contributed by atoms with Crippen LogP contribution in [-0.4, -0.2) is 4.93 Å². The first-order chi connectivity index (χ1) is 27.5. The molecule has 0 N–H and O–H groups in total. The van der Waals surface area contributed by atoms with E-state index >= 15 is 0 Å². The molecule has 0 spiro atoms. The standard InChI is InChI=1S/C24H23Cl3.C23H23Cl.CH3I.3HI.V/c1-2-3-4-5-18-6-8-19(9-7-18)20-10-12-21(13-11-20)22-14-16-23(17-15-22)24(25,26)27;1-2-3-4-5-18-6-8-19(9-7-18)20-10-12-21(13-11-20)22-14-16-23(24)17-15-22;1-2;;;;/h6-17H,2-5H2,1H3;6-17H,2-5H2,1H3;1H3;3*1H;/q;;;;;;+3/p-3. The summed E-state index contributed by atoms with van der Waals surface area (Å²) in [5.41, 5.74) is 13.2. The molecule has 6 rings (SSSR count). The third-order valence-corrected chi connectivity index (χ3v) is 10.1. The van der Waals surface area contributed by atoms with Crippen molar-refractivity contribution < 1.29 is 4.92 Å². The minimum absolute atomic E-state index is 0.278. The van der Waals surface area contributed by atoms with Gasteiger partial charge in [-0.05, 0) is 98.4 Å². The summed E-state index contributed by atoms with van der Waals surface area (Å²) in [6.07, 6.45) is 10.0. The fourth-order valence-corrected chi connectivity index (χ4v) is 6.59. The summed E-state index contributed by atoms with van der Waals surface area (Å²) in [5.74, 6) is 0. The van der Waals surface area contributed by atoms with E-state index in [1.807, 2.05) is 41.3 Å². The monoisotopic (exact) mass is 1320 g/mol. The first kappa shape index (κ1) is 51.3. The Balaban J connectivity index is 0.000000270. The van der Waals surface area contributed by atoms with Crippen molar-refractivity contribution in [3.8, 4) is 44.5 Å². The topological polar surface area (TPSA) is 0 Å². The molecule has 57 heavy (non-hydrogen) atoms. The van der Waals surface area contributed by atoms with Gasteiger partial charge in [0.1, 0.15) is 0 Å². The summed E-state index contributed by atoms with van der Waals surface area (Å²) in [6, 6.07) is 50.9. The van der Waals surface area contributed by atoms with Crippen LogP contribution < -0.4 is 0 Å². The molecule has 0 aromatic heterocycles. The summed E-state index contributed by atoms with van der Waals surface area (Å²) in [5, 5.41) is 0.773. The van der Waals surface area contributed by atoms with Gasteiger partial charge in [-0.15, -0.1) is 0 Å². The Bertz CT molecular complexity index is 1960. The molecular weight excluding hydrogens is 1280 g/mol. The van der Waals surface area contributed by atoms with Crippen LogP contribution in [0.3, 0.4) is 0 Å². The number of hydrogen-bond acceptors (Lipinski definition) is 0. The van der Waals surface area contributed by atoms with Crippen LogP contribution in [-0.2, 0) is 21.6 Å². The van der Waals surface area contributed by atoms with E-state index in [2.05, 4.69) is 206 Å². The van der Waals surface area contributed by atoms with Gasteiger partial charge in [0.15, 0.2) is 0 Å². The van der Waals surface area contributed by atoms with Crippen LogP contribution in [0, 0.1) is 0 Å². The number of halogens is 8. The van der Waals surface area contributed by atoms with Crippen molar-refractivity contribution >= 4 is 129 Å². The maximum atomic E-state index is 5.96. The average Bonchev–Trinajstić information content (AvgIpc) is 3.23. The molecule has 0 bridgehead atoms. The average molecular weight is 1330 g/mol. The molecule has 0 aliphatic carbocycles. The normalized spacial score (nSPS) is 10.7. The SMILES string of the molecule is CCCCCc1ccc(-c2ccc(-c3ccc(C(Cl)(Cl)Cl)cc3)cc2)cc1.CCCCCc1ccc(-c2ccc(-c3ccc(Cl)cc3)cc2)cc1.CI.[I][V]([I])[I]. The predicted molar refractivity (Wildman–Crippen MR) is 287 cm³/mol. The number of aryl methyl sites for hydroxylation is 2. The molecule has 0 radical (unpaired) electrons. The van der Waals surface area contributed by atoms with Gasteiger partial charge in [0.25, 0.3) is 0 Å². The Hall–Kier alpha value is -0.0156. The Labute approximate surface area is 413 Å². The van der Waals surface area contributed by atoms with Crippen LogP contribution in [0.5, 0.6) is 0 Å². The van der Waals surface area contributed by atoms with Gasteiger partial charge >= 0.3 is 64.9 Å². The van der Waals surface area contributed by atoms with Crippen LogP contribution in [0.4, 0.5) is 0 Å². The zero-order chi connectivity index (χ0) is 41.6. The van der Waals surface area contributed by atoms with E-state index in [0.717, 1.165) is 22.6 Å². The van der Waals surface area contributed by atoms with Crippen molar-refractivity contribution in [1.82, 2.24) is 0 Å². The minimum atomic E-state index is -1.38. The third kappa shape index (κ3) is 19.3.